The zero-order chi connectivity index (χ0) is 20.6. The van der Waals surface area contributed by atoms with Crippen molar-refractivity contribution in [3.05, 3.63) is 94.5 Å². The van der Waals surface area contributed by atoms with Crippen molar-refractivity contribution in [1.29, 1.82) is 0 Å². The molecule has 0 bridgehead atoms. The summed E-state index contributed by atoms with van der Waals surface area (Å²) in [5.41, 5.74) is 3.13. The van der Waals surface area contributed by atoms with E-state index in [0.29, 0.717) is 12.1 Å². The Bertz CT molecular complexity index is 975. The molecule has 0 aromatic heterocycles. The van der Waals surface area contributed by atoms with E-state index in [-0.39, 0.29) is 18.4 Å². The van der Waals surface area contributed by atoms with Gasteiger partial charge in [-0.25, -0.2) is 0 Å². The fourth-order valence-electron chi connectivity index (χ4n) is 2.85. The molecule has 0 aliphatic carbocycles. The summed E-state index contributed by atoms with van der Waals surface area (Å²) in [7, 11) is 1.88. The molecule has 0 saturated heterocycles. The molecule has 3 rings (SSSR count). The summed E-state index contributed by atoms with van der Waals surface area (Å²) >= 11 is 3.42. The van der Waals surface area contributed by atoms with E-state index in [4.69, 9.17) is 0 Å². The van der Waals surface area contributed by atoms with Gasteiger partial charge < -0.3 is 10.6 Å². The predicted molar refractivity (Wildman–Crippen MR) is 120 cm³/mol. The zero-order valence-electron chi connectivity index (χ0n) is 16.1. The van der Waals surface area contributed by atoms with Crippen molar-refractivity contribution < 1.29 is 9.59 Å². The number of carbonyl (C=O) groups is 2. The fraction of sp³-hybridized carbons (Fsp3) is 0.130. The fourth-order valence-corrected chi connectivity index (χ4v) is 3.24. The Kier molecular flexibility index (Phi) is 7.16. The molecular weight excluding hydrogens is 430 g/mol. The second-order valence-corrected chi connectivity index (χ2v) is 7.57. The number of hydrogen-bond donors (Lipinski definition) is 2. The second kappa shape index (κ2) is 10.0. The maximum atomic E-state index is 12.3. The van der Waals surface area contributed by atoms with Gasteiger partial charge in [-0.15, -0.1) is 0 Å². The van der Waals surface area contributed by atoms with Gasteiger partial charge in [0.05, 0.1) is 12.2 Å². The molecule has 148 valence electrons. The Labute approximate surface area is 178 Å². The van der Waals surface area contributed by atoms with Crippen LogP contribution < -0.4 is 10.6 Å². The van der Waals surface area contributed by atoms with Gasteiger partial charge in [-0.2, -0.15) is 0 Å². The summed E-state index contributed by atoms with van der Waals surface area (Å²) in [5, 5.41) is 5.76. The molecule has 2 amide bonds. The van der Waals surface area contributed by atoms with Crippen molar-refractivity contribution in [2.45, 2.75) is 6.54 Å². The lowest BCUT2D eigenvalue weighted by atomic mass is 10.1. The Morgan fingerprint density at radius 1 is 0.862 bits per heavy atom. The Morgan fingerprint density at radius 3 is 2.21 bits per heavy atom. The van der Waals surface area contributed by atoms with E-state index in [1.807, 2.05) is 78.7 Å². The van der Waals surface area contributed by atoms with Gasteiger partial charge in [0.1, 0.15) is 0 Å². The largest absolute Gasteiger partial charge is 0.324 e. The van der Waals surface area contributed by atoms with Gasteiger partial charge in [0, 0.05) is 22.3 Å². The number of hydrogen-bond acceptors (Lipinski definition) is 3. The smallest absolute Gasteiger partial charge is 0.255 e. The number of nitrogens with one attached hydrogen (secondary N) is 2. The van der Waals surface area contributed by atoms with Crippen molar-refractivity contribution in [1.82, 2.24) is 4.90 Å². The second-order valence-electron chi connectivity index (χ2n) is 6.72. The van der Waals surface area contributed by atoms with Crippen molar-refractivity contribution in [3.8, 4) is 0 Å². The summed E-state index contributed by atoms with van der Waals surface area (Å²) in [4.78, 5) is 26.5. The first-order valence-electron chi connectivity index (χ1n) is 9.19. The highest BCUT2D eigenvalue weighted by Gasteiger charge is 2.10. The van der Waals surface area contributed by atoms with E-state index in [1.165, 1.54) is 0 Å². The number of carbonyl (C=O) groups excluding carboxylic acids is 2. The monoisotopic (exact) mass is 451 g/mol. The van der Waals surface area contributed by atoms with E-state index < -0.39 is 0 Å². The van der Waals surface area contributed by atoms with Gasteiger partial charge in [-0.3, -0.25) is 14.5 Å². The van der Waals surface area contributed by atoms with Crippen LogP contribution in [0.25, 0.3) is 0 Å². The molecule has 3 aromatic rings. The third-order valence-electron chi connectivity index (χ3n) is 4.26. The van der Waals surface area contributed by atoms with Crippen molar-refractivity contribution in [2.24, 2.45) is 0 Å². The van der Waals surface area contributed by atoms with E-state index >= 15 is 0 Å². The third-order valence-corrected chi connectivity index (χ3v) is 4.95. The highest BCUT2D eigenvalue weighted by Crippen LogP contribution is 2.21. The summed E-state index contributed by atoms with van der Waals surface area (Å²) in [5.74, 6) is -0.234. The van der Waals surface area contributed by atoms with Crippen LogP contribution in [0.4, 0.5) is 11.4 Å². The number of halogens is 1. The number of likely N-dealkylation sites (N-methyl/N-ethyl adjacent to an activating group) is 1. The lowest BCUT2D eigenvalue weighted by molar-refractivity contribution is -0.117. The van der Waals surface area contributed by atoms with Crippen molar-refractivity contribution in [3.63, 3.8) is 0 Å². The minimum atomic E-state index is -0.149. The van der Waals surface area contributed by atoms with E-state index in [0.717, 1.165) is 21.4 Å². The Balaban J connectivity index is 1.51. The molecule has 2 N–H and O–H groups in total. The molecule has 0 heterocycles. The van der Waals surface area contributed by atoms with E-state index in [1.54, 1.807) is 12.1 Å². The van der Waals surface area contributed by atoms with E-state index in [2.05, 4.69) is 26.6 Å². The topological polar surface area (TPSA) is 61.4 Å². The molecule has 0 atom stereocenters. The zero-order valence-corrected chi connectivity index (χ0v) is 17.6. The summed E-state index contributed by atoms with van der Waals surface area (Å²) < 4.78 is 0.848. The average Bonchev–Trinajstić information content (AvgIpc) is 2.71. The van der Waals surface area contributed by atoms with Crippen molar-refractivity contribution >= 4 is 39.1 Å². The SMILES string of the molecule is CN(CC(=O)Nc1ccccc1Br)Cc1ccc(C(=O)Nc2ccccc2)cc1. The van der Waals surface area contributed by atoms with Crippen LogP contribution >= 0.6 is 15.9 Å². The van der Waals surface area contributed by atoms with Gasteiger partial charge >= 0.3 is 0 Å². The molecule has 3 aromatic carbocycles. The summed E-state index contributed by atoms with van der Waals surface area (Å²) in [6.45, 7) is 0.863. The lowest BCUT2D eigenvalue weighted by Gasteiger charge is -2.17. The minimum absolute atomic E-state index is 0.0849. The van der Waals surface area contributed by atoms with Crippen LogP contribution in [0, 0.1) is 0 Å². The quantitative estimate of drug-likeness (QED) is 0.543. The molecule has 0 radical (unpaired) electrons. The minimum Gasteiger partial charge on any atom is -0.324 e. The molecule has 5 nitrogen and oxygen atoms in total. The van der Waals surface area contributed by atoms with E-state index in [9.17, 15) is 9.59 Å². The highest BCUT2D eigenvalue weighted by atomic mass is 79.9. The molecule has 6 heteroatoms. The standard InChI is InChI=1S/C23H22BrN3O2/c1-27(16-22(28)26-21-10-6-5-9-20(21)24)15-17-11-13-18(14-12-17)23(29)25-19-7-3-2-4-8-19/h2-14H,15-16H2,1H3,(H,25,29)(H,26,28). The molecule has 0 fully saturated rings. The molecule has 0 aliphatic rings. The number of para-hydroxylation sites is 2. The first kappa shape index (κ1) is 20.8. The summed E-state index contributed by atoms with van der Waals surface area (Å²) in [6.07, 6.45) is 0. The molecule has 0 spiro atoms. The van der Waals surface area contributed by atoms with Gasteiger partial charge in [0.15, 0.2) is 0 Å². The van der Waals surface area contributed by atoms with Crippen LogP contribution in [0.15, 0.2) is 83.3 Å². The number of anilines is 2. The van der Waals surface area contributed by atoms with Crippen molar-refractivity contribution in [2.75, 3.05) is 24.2 Å². The number of benzene rings is 3. The van der Waals surface area contributed by atoms with Crippen LogP contribution in [0.2, 0.25) is 0 Å². The summed E-state index contributed by atoms with van der Waals surface area (Å²) in [6, 6.07) is 24.3. The average molecular weight is 452 g/mol. The van der Waals surface area contributed by atoms with Crippen LogP contribution in [0.3, 0.4) is 0 Å². The first-order valence-corrected chi connectivity index (χ1v) is 9.99. The Morgan fingerprint density at radius 2 is 1.52 bits per heavy atom. The third kappa shape index (κ3) is 6.27. The molecule has 0 unspecified atom stereocenters. The van der Waals surface area contributed by atoms with Gasteiger partial charge in [0.2, 0.25) is 5.91 Å². The first-order chi connectivity index (χ1) is 14.0. The molecule has 0 saturated carbocycles. The number of nitrogens with zero attached hydrogens (tertiary/aromatic N) is 1. The number of rotatable bonds is 7. The predicted octanol–water partition coefficient (Wildman–Crippen LogP) is 4.77. The van der Waals surface area contributed by atoms with Gasteiger partial charge in [-0.1, -0.05) is 42.5 Å². The van der Waals surface area contributed by atoms with Gasteiger partial charge in [0.25, 0.3) is 5.91 Å². The van der Waals surface area contributed by atoms with Crippen LogP contribution in [0.1, 0.15) is 15.9 Å². The highest BCUT2D eigenvalue weighted by molar-refractivity contribution is 9.10. The molecule has 29 heavy (non-hydrogen) atoms. The lowest BCUT2D eigenvalue weighted by Crippen LogP contribution is -2.29. The Hall–Kier alpha value is -2.96. The maximum absolute atomic E-state index is 12.3. The number of amides is 2. The molecule has 0 aliphatic heterocycles. The normalized spacial score (nSPS) is 10.6. The van der Waals surface area contributed by atoms with Crippen LogP contribution in [-0.2, 0) is 11.3 Å². The maximum Gasteiger partial charge on any atom is 0.255 e. The van der Waals surface area contributed by atoms with Crippen LogP contribution in [0.5, 0.6) is 0 Å². The molecular formula is C23H22BrN3O2. The van der Waals surface area contributed by atoms with Gasteiger partial charge in [-0.05, 0) is 64.9 Å². The van der Waals surface area contributed by atoms with Crippen LogP contribution in [-0.4, -0.2) is 30.3 Å².